The third-order valence-electron chi connectivity index (χ3n) is 1.27. The number of aliphatic carboxylic acids is 3. The van der Waals surface area contributed by atoms with E-state index < -0.39 is 36.4 Å². The number of carbonyl (C=O) groups excluding carboxylic acids is 2. The summed E-state index contributed by atoms with van der Waals surface area (Å²) in [6.07, 6.45) is -2.59. The van der Waals surface area contributed by atoms with Crippen LogP contribution in [0.15, 0.2) is 0 Å². The summed E-state index contributed by atoms with van der Waals surface area (Å²) in [5, 5.41) is 37.2. The van der Waals surface area contributed by atoms with Crippen LogP contribution in [0.5, 0.6) is 0 Å². The minimum Gasteiger partial charge on any atom is -0.870 e. The van der Waals surface area contributed by atoms with Gasteiger partial charge in [-0.2, -0.15) is 0 Å². The monoisotopic (exact) mass is 292 g/mol. The molecular weight excluding hydrogens is 285 g/mol. The Bertz CT molecular complexity index is 242. The van der Waals surface area contributed by atoms with Gasteiger partial charge in [-0.15, -0.1) is 0 Å². The fraction of sp³-hybridized carbons (Fsp3) is 0.500. The standard InChI is InChI=1S/C6H8O7.K.2Na.H2O/c7-3(8)1-6(13,5(11)12)2-4(9)10;;;;/h13H,1-2H2,(H,7,8)(H,9,10)(H,11,12);;;;1H2/q;3*+1;/p-3. The predicted molar refractivity (Wildman–Crippen MR) is 33.8 cm³/mol. The van der Waals surface area contributed by atoms with Crippen LogP contribution in [-0.2, 0) is 14.4 Å². The molecule has 0 amide bonds. The number of hydrogen-bond acceptors (Lipinski definition) is 7. The van der Waals surface area contributed by atoms with Gasteiger partial charge in [-0.05, 0) is 0 Å². The van der Waals surface area contributed by atoms with Crippen molar-refractivity contribution in [3.63, 3.8) is 0 Å². The molecule has 0 bridgehead atoms. The molecule has 17 heavy (non-hydrogen) atoms. The van der Waals surface area contributed by atoms with E-state index in [9.17, 15) is 24.6 Å². The van der Waals surface area contributed by atoms with Crippen LogP contribution in [0.3, 0.4) is 0 Å². The Balaban J connectivity index is -0.000000120. The average Bonchev–Trinajstić information content (AvgIpc) is 1.82. The molecule has 0 heterocycles. The van der Waals surface area contributed by atoms with E-state index in [-0.39, 0.29) is 116 Å². The summed E-state index contributed by atoms with van der Waals surface area (Å²) < 4.78 is 0. The van der Waals surface area contributed by atoms with Crippen LogP contribution in [0.1, 0.15) is 12.8 Å². The molecule has 0 aromatic rings. The fourth-order valence-corrected chi connectivity index (χ4v) is 0.691. The average molecular weight is 292 g/mol. The summed E-state index contributed by atoms with van der Waals surface area (Å²) in [7, 11) is 0. The van der Waals surface area contributed by atoms with Crippen LogP contribution in [0.25, 0.3) is 0 Å². The molecule has 0 saturated carbocycles. The largest absolute Gasteiger partial charge is 1.00 e. The molecule has 82 valence electrons. The first kappa shape index (κ1) is 31.4. The number of aliphatic hydroxyl groups is 1. The zero-order valence-electron chi connectivity index (χ0n) is 9.80. The Morgan fingerprint density at radius 3 is 1.35 bits per heavy atom. The predicted octanol–water partition coefficient (Wildman–Crippen LogP) is -13.1. The van der Waals surface area contributed by atoms with Crippen LogP contribution in [0.2, 0.25) is 0 Å². The Kier molecular flexibility index (Phi) is 26.5. The molecule has 11 heteroatoms. The van der Waals surface area contributed by atoms with Crippen LogP contribution >= 0.6 is 0 Å². The molecule has 0 aromatic heterocycles. The first-order valence-corrected chi connectivity index (χ1v) is 3.13. The van der Waals surface area contributed by atoms with Gasteiger partial charge in [0.25, 0.3) is 0 Å². The van der Waals surface area contributed by atoms with Crippen LogP contribution < -0.4 is 121 Å². The van der Waals surface area contributed by atoms with Crippen LogP contribution in [0.4, 0.5) is 0 Å². The van der Waals surface area contributed by atoms with Gasteiger partial charge in [0.2, 0.25) is 0 Å². The van der Waals surface area contributed by atoms with Gasteiger partial charge in [0.15, 0.2) is 5.60 Å². The molecule has 0 fully saturated rings. The van der Waals surface area contributed by atoms with E-state index in [1.165, 1.54) is 0 Å². The molecule has 0 aliphatic carbocycles. The van der Waals surface area contributed by atoms with Gasteiger partial charge in [-0.1, -0.05) is 0 Å². The van der Waals surface area contributed by atoms with Crippen molar-refractivity contribution in [1.29, 1.82) is 0 Å². The SMILES string of the molecule is O=C([O-])CC(O)(CC(=O)[O-])C(=O)O.[K+].[Na+].[Na+].[OH-]. The van der Waals surface area contributed by atoms with Crippen molar-refractivity contribution >= 4 is 17.9 Å². The molecule has 0 radical (unpaired) electrons. The maximum atomic E-state index is 10.3. The van der Waals surface area contributed by atoms with Gasteiger partial charge in [0, 0.05) is 24.8 Å². The Hall–Kier alpha value is 1.97. The van der Waals surface area contributed by atoms with E-state index in [1.807, 2.05) is 0 Å². The first-order chi connectivity index (χ1) is 5.78. The number of rotatable bonds is 5. The second-order valence-electron chi connectivity index (χ2n) is 2.43. The minimum absolute atomic E-state index is 0. The van der Waals surface area contributed by atoms with E-state index in [0.29, 0.717) is 0 Å². The van der Waals surface area contributed by atoms with Crippen LogP contribution in [0, 0.1) is 0 Å². The second-order valence-corrected chi connectivity index (χ2v) is 2.43. The molecule has 0 aliphatic heterocycles. The summed E-state index contributed by atoms with van der Waals surface area (Å²) in [5.41, 5.74) is -2.86. The molecule has 0 aliphatic rings. The van der Waals surface area contributed by atoms with E-state index in [0.717, 1.165) is 0 Å². The zero-order valence-corrected chi connectivity index (χ0v) is 16.9. The third-order valence-corrected chi connectivity index (χ3v) is 1.27. The normalized spacial score (nSPS) is 8.29. The van der Waals surface area contributed by atoms with Crippen molar-refractivity contribution in [2.75, 3.05) is 0 Å². The van der Waals surface area contributed by atoms with E-state index in [4.69, 9.17) is 10.2 Å². The molecule has 0 aromatic carbocycles. The van der Waals surface area contributed by atoms with Crippen molar-refractivity contribution in [1.82, 2.24) is 0 Å². The Morgan fingerprint density at radius 1 is 1.00 bits per heavy atom. The smallest absolute Gasteiger partial charge is 0.870 e. The van der Waals surface area contributed by atoms with E-state index >= 15 is 0 Å². The van der Waals surface area contributed by atoms with Gasteiger partial charge >= 0.3 is 116 Å². The van der Waals surface area contributed by atoms with Crippen molar-refractivity contribution in [2.45, 2.75) is 18.4 Å². The van der Waals surface area contributed by atoms with Gasteiger partial charge < -0.3 is 35.5 Å². The van der Waals surface area contributed by atoms with Crippen molar-refractivity contribution in [3.05, 3.63) is 0 Å². The number of carbonyl (C=O) groups is 3. The minimum atomic E-state index is -2.86. The van der Waals surface area contributed by atoms with Gasteiger partial charge in [-0.25, -0.2) is 4.79 Å². The van der Waals surface area contributed by atoms with Crippen molar-refractivity contribution in [2.24, 2.45) is 0 Å². The molecule has 0 atom stereocenters. The Labute approximate surface area is 183 Å². The molecule has 0 unspecified atom stereocenters. The molecule has 0 rings (SSSR count). The molecular formula is C6H7KNa2O8. The quantitative estimate of drug-likeness (QED) is 0.471. The molecule has 0 saturated heterocycles. The maximum absolute atomic E-state index is 10.3. The summed E-state index contributed by atoms with van der Waals surface area (Å²) in [5.74, 6) is -5.65. The maximum Gasteiger partial charge on any atom is 1.00 e. The van der Waals surface area contributed by atoms with Crippen molar-refractivity contribution in [3.8, 4) is 0 Å². The Morgan fingerprint density at radius 2 is 1.24 bits per heavy atom. The number of carboxylic acids is 3. The van der Waals surface area contributed by atoms with Gasteiger partial charge in [0.05, 0.1) is 0 Å². The molecule has 3 N–H and O–H groups in total. The topological polar surface area (TPSA) is 168 Å². The van der Waals surface area contributed by atoms with Gasteiger partial charge in [-0.3, -0.25) is 0 Å². The van der Waals surface area contributed by atoms with E-state index in [2.05, 4.69) is 0 Å². The van der Waals surface area contributed by atoms with Crippen LogP contribution in [-0.4, -0.2) is 39.2 Å². The van der Waals surface area contributed by atoms with Crippen molar-refractivity contribution < 1.29 is 151 Å². The first-order valence-electron chi connectivity index (χ1n) is 3.13. The number of carboxylic acid groups (broad SMARTS) is 3. The second kappa shape index (κ2) is 14.4. The molecule has 0 spiro atoms. The third kappa shape index (κ3) is 14.2. The summed E-state index contributed by atoms with van der Waals surface area (Å²) >= 11 is 0. The summed E-state index contributed by atoms with van der Waals surface area (Å²) in [6.45, 7) is 0. The van der Waals surface area contributed by atoms with E-state index in [1.54, 1.807) is 0 Å². The zero-order chi connectivity index (χ0) is 10.6. The summed E-state index contributed by atoms with van der Waals surface area (Å²) in [4.78, 5) is 30.2. The molecule has 8 nitrogen and oxygen atoms in total. The summed E-state index contributed by atoms with van der Waals surface area (Å²) in [6, 6.07) is 0. The fourth-order valence-electron chi connectivity index (χ4n) is 0.691. The van der Waals surface area contributed by atoms with Gasteiger partial charge in [0.1, 0.15) is 0 Å². The number of hydrogen-bond donors (Lipinski definition) is 2.